The highest BCUT2D eigenvalue weighted by atomic mass is 32.2. The fourth-order valence-corrected chi connectivity index (χ4v) is 13.5. The van der Waals surface area contributed by atoms with E-state index in [0.29, 0.717) is 0 Å². The second kappa shape index (κ2) is 14.3. The highest BCUT2D eigenvalue weighted by Gasteiger charge is 2.50. The normalized spacial score (nSPS) is 14.3. The molecule has 10 aromatic carbocycles. The Kier molecular flexibility index (Phi) is 8.21. The third kappa shape index (κ3) is 5.35. The number of nitrogens with zero attached hydrogens (tertiary/aromatic N) is 2. The number of fused-ring (bicyclic) bond motifs is 16. The summed E-state index contributed by atoms with van der Waals surface area (Å²) >= 11 is 1.93. The first-order valence-electron chi connectivity index (χ1n) is 23.3. The Morgan fingerprint density at radius 3 is 1.64 bits per heavy atom. The third-order valence-electron chi connectivity index (χ3n) is 15.1. The van der Waals surface area contributed by atoms with E-state index >= 15 is 0 Å². The first-order valence-corrected chi connectivity index (χ1v) is 24.2. The summed E-state index contributed by atoms with van der Waals surface area (Å²) in [6, 6.07) is 86.0. The molecule has 1 aromatic heterocycles. The van der Waals surface area contributed by atoms with Crippen LogP contribution in [0, 0.1) is 0 Å². The van der Waals surface area contributed by atoms with Crippen molar-refractivity contribution in [3.05, 3.63) is 264 Å². The molecule has 0 saturated carbocycles. The maximum Gasteiger partial charge on any atom is 0.0735 e. The van der Waals surface area contributed by atoms with Crippen molar-refractivity contribution >= 4 is 50.6 Å². The quantitative estimate of drug-likeness (QED) is 0.170. The van der Waals surface area contributed by atoms with Gasteiger partial charge in [0.1, 0.15) is 0 Å². The van der Waals surface area contributed by atoms with Gasteiger partial charge in [-0.25, -0.2) is 0 Å². The highest BCUT2D eigenvalue weighted by molar-refractivity contribution is 7.99. The molecule has 316 valence electrons. The number of rotatable bonds is 5. The zero-order valence-corrected chi connectivity index (χ0v) is 38.1. The highest BCUT2D eigenvalue weighted by Crippen LogP contribution is 2.63. The van der Waals surface area contributed by atoms with Gasteiger partial charge in [0.15, 0.2) is 0 Å². The first-order chi connectivity index (χ1) is 33.0. The van der Waals surface area contributed by atoms with Crippen molar-refractivity contribution in [3.8, 4) is 39.1 Å². The van der Waals surface area contributed by atoms with E-state index in [9.17, 15) is 0 Å². The molecule has 14 rings (SSSR count). The van der Waals surface area contributed by atoms with Crippen LogP contribution in [0.4, 0.5) is 17.1 Å². The van der Waals surface area contributed by atoms with Crippen LogP contribution in [-0.2, 0) is 10.8 Å². The van der Waals surface area contributed by atoms with Gasteiger partial charge in [0.25, 0.3) is 0 Å². The SMILES string of the molecule is CC1(C)c2ccccc2-c2ccc(N(c3ccc(-c4ccccc4)cc3)c3ccc(-n4c5ccccc5c5c6c(ccc54)C4(c5ccccc5S6)c5ccccc5-c5ccccc54)cc3)cc21. The van der Waals surface area contributed by atoms with Crippen molar-refractivity contribution in [2.45, 2.75) is 34.5 Å². The Labute approximate surface area is 395 Å². The zero-order valence-electron chi connectivity index (χ0n) is 37.2. The van der Waals surface area contributed by atoms with Crippen LogP contribution in [0.2, 0.25) is 0 Å². The molecule has 0 saturated heterocycles. The van der Waals surface area contributed by atoms with Gasteiger partial charge in [-0.1, -0.05) is 189 Å². The molecule has 0 radical (unpaired) electrons. The maximum atomic E-state index is 2.48. The summed E-state index contributed by atoms with van der Waals surface area (Å²) in [7, 11) is 0. The standard InChI is InChI=1S/C64H44N2S/c1-63(2)52-22-10-6-18-47(52)50-37-36-46(40-57(50)63)65(43-30-28-42(29-31-43)41-16-4-3-5-17-41)44-32-34-45(35-33-44)66-58-26-14-9-21-51(58)61-59(66)39-38-56-62(61)67-60-27-15-13-25-55(60)64(56)53-23-11-7-19-48(53)49-20-8-12-24-54(49)64/h3-40H,1-2H3. The monoisotopic (exact) mass is 872 g/mol. The molecule has 0 unspecified atom stereocenters. The van der Waals surface area contributed by atoms with Crippen molar-refractivity contribution in [3.63, 3.8) is 0 Å². The molecule has 1 aliphatic heterocycles. The summed E-state index contributed by atoms with van der Waals surface area (Å²) in [6.45, 7) is 4.72. The zero-order chi connectivity index (χ0) is 44.4. The molecule has 0 bridgehead atoms. The second-order valence-electron chi connectivity index (χ2n) is 18.8. The van der Waals surface area contributed by atoms with Gasteiger partial charge in [-0.05, 0) is 133 Å². The van der Waals surface area contributed by atoms with Crippen LogP contribution >= 0.6 is 11.8 Å². The van der Waals surface area contributed by atoms with Crippen LogP contribution in [-0.4, -0.2) is 4.57 Å². The van der Waals surface area contributed by atoms with E-state index in [1.807, 2.05) is 11.8 Å². The summed E-state index contributed by atoms with van der Waals surface area (Å²) in [5, 5.41) is 2.57. The summed E-state index contributed by atoms with van der Waals surface area (Å²) in [4.78, 5) is 5.07. The predicted octanol–water partition coefficient (Wildman–Crippen LogP) is 17.1. The average molecular weight is 873 g/mol. The van der Waals surface area contributed by atoms with Gasteiger partial charge in [-0.2, -0.15) is 0 Å². The van der Waals surface area contributed by atoms with Crippen LogP contribution in [0.3, 0.4) is 0 Å². The lowest BCUT2D eigenvalue weighted by atomic mass is 9.67. The minimum atomic E-state index is -0.429. The predicted molar refractivity (Wildman–Crippen MR) is 280 cm³/mol. The molecule has 2 nitrogen and oxygen atoms in total. The molecule has 67 heavy (non-hydrogen) atoms. The Morgan fingerprint density at radius 2 is 0.925 bits per heavy atom. The molecule has 1 spiro atoms. The van der Waals surface area contributed by atoms with E-state index in [-0.39, 0.29) is 5.41 Å². The number of aromatic nitrogens is 1. The fourth-order valence-electron chi connectivity index (χ4n) is 12.1. The van der Waals surface area contributed by atoms with E-state index < -0.39 is 5.41 Å². The van der Waals surface area contributed by atoms with E-state index in [1.165, 1.54) is 98.4 Å². The minimum absolute atomic E-state index is 0.116. The van der Waals surface area contributed by atoms with E-state index in [0.717, 1.165) is 22.7 Å². The molecule has 3 aliphatic rings. The molecule has 3 heteroatoms. The van der Waals surface area contributed by atoms with E-state index in [1.54, 1.807) is 0 Å². The molecular formula is C64H44N2S. The van der Waals surface area contributed by atoms with Gasteiger partial charge in [0.2, 0.25) is 0 Å². The third-order valence-corrected chi connectivity index (χ3v) is 16.3. The largest absolute Gasteiger partial charge is 0.310 e. The Balaban J connectivity index is 0.939. The van der Waals surface area contributed by atoms with E-state index in [2.05, 4.69) is 254 Å². The molecule has 11 aromatic rings. The lowest BCUT2D eigenvalue weighted by Gasteiger charge is -2.40. The summed E-state index contributed by atoms with van der Waals surface area (Å²) in [6.07, 6.45) is 0. The van der Waals surface area contributed by atoms with Crippen LogP contribution in [0.1, 0.15) is 47.2 Å². The summed E-state index contributed by atoms with van der Waals surface area (Å²) < 4.78 is 2.48. The van der Waals surface area contributed by atoms with Crippen molar-refractivity contribution in [2.24, 2.45) is 0 Å². The Hall–Kier alpha value is -7.85. The topological polar surface area (TPSA) is 8.17 Å². The van der Waals surface area contributed by atoms with Gasteiger partial charge in [0.05, 0.1) is 16.4 Å². The van der Waals surface area contributed by atoms with Gasteiger partial charge >= 0.3 is 0 Å². The molecule has 0 fully saturated rings. The minimum Gasteiger partial charge on any atom is -0.310 e. The number of hydrogen-bond donors (Lipinski definition) is 0. The Bertz CT molecular complexity index is 3760. The number of hydrogen-bond acceptors (Lipinski definition) is 2. The number of benzene rings is 10. The molecule has 0 amide bonds. The van der Waals surface area contributed by atoms with Crippen molar-refractivity contribution in [1.29, 1.82) is 0 Å². The van der Waals surface area contributed by atoms with Crippen LogP contribution < -0.4 is 4.90 Å². The lowest BCUT2D eigenvalue weighted by Crippen LogP contribution is -2.32. The maximum absolute atomic E-state index is 2.48. The van der Waals surface area contributed by atoms with Gasteiger partial charge < -0.3 is 9.47 Å². The molecule has 2 heterocycles. The fraction of sp³-hybridized carbons (Fsp3) is 0.0625. The first kappa shape index (κ1) is 38.4. The van der Waals surface area contributed by atoms with Gasteiger partial charge in [-0.15, -0.1) is 0 Å². The molecule has 2 aliphatic carbocycles. The van der Waals surface area contributed by atoms with Crippen LogP contribution in [0.25, 0.3) is 60.9 Å². The van der Waals surface area contributed by atoms with Crippen LogP contribution in [0.5, 0.6) is 0 Å². The molecule has 0 atom stereocenters. The van der Waals surface area contributed by atoms with Crippen molar-refractivity contribution in [1.82, 2.24) is 4.57 Å². The molecule has 0 N–H and O–H groups in total. The summed E-state index contributed by atoms with van der Waals surface area (Å²) in [5.74, 6) is 0. The number of para-hydroxylation sites is 1. The van der Waals surface area contributed by atoms with Crippen molar-refractivity contribution < 1.29 is 0 Å². The lowest BCUT2D eigenvalue weighted by molar-refractivity contribution is 0.660. The smallest absolute Gasteiger partial charge is 0.0735 e. The average Bonchev–Trinajstić information content (AvgIpc) is 3.96. The Morgan fingerprint density at radius 1 is 0.388 bits per heavy atom. The molecular weight excluding hydrogens is 829 g/mol. The summed E-state index contributed by atoms with van der Waals surface area (Å²) in [5.41, 5.74) is 22.3. The van der Waals surface area contributed by atoms with Crippen LogP contribution in [0.15, 0.2) is 240 Å². The number of anilines is 3. The van der Waals surface area contributed by atoms with Gasteiger partial charge in [-0.3, -0.25) is 0 Å². The van der Waals surface area contributed by atoms with E-state index in [4.69, 9.17) is 0 Å². The second-order valence-corrected chi connectivity index (χ2v) is 19.8. The van der Waals surface area contributed by atoms with Crippen molar-refractivity contribution in [2.75, 3.05) is 4.90 Å². The van der Waals surface area contributed by atoms with Gasteiger partial charge in [0, 0.05) is 48.7 Å².